The van der Waals surface area contributed by atoms with Crippen molar-refractivity contribution in [1.82, 2.24) is 10.2 Å². The Kier molecular flexibility index (Phi) is 8.57. The second kappa shape index (κ2) is 11.0. The minimum atomic E-state index is -1.08. The minimum Gasteiger partial charge on any atom is -0.488 e. The SMILES string of the molecule is CN/C=C\C(N)=NC(=O)c1cc(Oc2cc(F)c(C(=O)N(C)C)c(F)c2)c(C)c(OC(C)(C)C)c1. The van der Waals surface area contributed by atoms with Crippen LogP contribution in [0.2, 0.25) is 0 Å². The molecule has 0 radical (unpaired) electrons. The number of aliphatic imine (C=N–C) groups is 1. The van der Waals surface area contributed by atoms with Gasteiger partial charge in [-0.25, -0.2) is 8.78 Å². The molecule has 0 heterocycles. The highest BCUT2D eigenvalue weighted by Gasteiger charge is 2.23. The van der Waals surface area contributed by atoms with Crippen molar-refractivity contribution >= 4 is 17.6 Å². The summed E-state index contributed by atoms with van der Waals surface area (Å²) in [7, 11) is 4.44. The van der Waals surface area contributed by atoms with Gasteiger partial charge < -0.3 is 25.4 Å². The highest BCUT2D eigenvalue weighted by molar-refractivity contribution is 6.06. The molecule has 0 saturated heterocycles. The van der Waals surface area contributed by atoms with E-state index in [1.807, 2.05) is 20.8 Å². The van der Waals surface area contributed by atoms with Crippen molar-refractivity contribution in [2.24, 2.45) is 10.7 Å². The van der Waals surface area contributed by atoms with Gasteiger partial charge in [0.1, 0.15) is 45.9 Å². The van der Waals surface area contributed by atoms with Crippen molar-refractivity contribution in [2.75, 3.05) is 21.1 Å². The third kappa shape index (κ3) is 7.26. The van der Waals surface area contributed by atoms with Crippen LogP contribution >= 0.6 is 0 Å². The summed E-state index contributed by atoms with van der Waals surface area (Å²) >= 11 is 0. The summed E-state index contributed by atoms with van der Waals surface area (Å²) in [5, 5.41) is 2.74. The maximum Gasteiger partial charge on any atom is 0.279 e. The first-order valence-electron chi connectivity index (χ1n) is 10.7. The summed E-state index contributed by atoms with van der Waals surface area (Å²) in [4.78, 5) is 29.7. The van der Waals surface area contributed by atoms with Crippen LogP contribution in [-0.2, 0) is 0 Å². The van der Waals surface area contributed by atoms with Crippen LogP contribution in [0.15, 0.2) is 41.5 Å². The molecule has 8 nitrogen and oxygen atoms in total. The molecule has 10 heteroatoms. The summed E-state index contributed by atoms with van der Waals surface area (Å²) in [5.41, 5.74) is 5.01. The van der Waals surface area contributed by atoms with Crippen LogP contribution in [0.1, 0.15) is 47.1 Å². The van der Waals surface area contributed by atoms with E-state index in [9.17, 15) is 18.4 Å². The molecule has 3 N–H and O–H groups in total. The predicted molar refractivity (Wildman–Crippen MR) is 130 cm³/mol. The topological polar surface area (TPSA) is 106 Å². The number of nitrogens with one attached hydrogen (secondary N) is 1. The monoisotopic (exact) mass is 488 g/mol. The van der Waals surface area contributed by atoms with Crippen molar-refractivity contribution in [3.8, 4) is 17.2 Å². The van der Waals surface area contributed by atoms with Gasteiger partial charge >= 0.3 is 0 Å². The second-order valence-corrected chi connectivity index (χ2v) is 8.84. The molecule has 2 rings (SSSR count). The van der Waals surface area contributed by atoms with Gasteiger partial charge in [0, 0.05) is 44.4 Å². The number of ether oxygens (including phenoxy) is 2. The molecule has 0 fully saturated rings. The molecule has 0 spiro atoms. The number of nitrogens with two attached hydrogens (primary N) is 1. The van der Waals surface area contributed by atoms with E-state index in [1.165, 1.54) is 38.5 Å². The molecule has 0 bridgehead atoms. The summed E-state index contributed by atoms with van der Waals surface area (Å²) in [6.07, 6.45) is 2.93. The number of benzene rings is 2. The average Bonchev–Trinajstić information content (AvgIpc) is 2.73. The lowest BCUT2D eigenvalue weighted by Crippen LogP contribution is -2.24. The van der Waals surface area contributed by atoms with Crippen molar-refractivity contribution < 1.29 is 27.8 Å². The van der Waals surface area contributed by atoms with E-state index in [4.69, 9.17) is 15.2 Å². The third-order valence-electron chi connectivity index (χ3n) is 4.49. The molecule has 2 aromatic carbocycles. The molecule has 0 atom stereocenters. The normalized spacial score (nSPS) is 12.0. The zero-order valence-corrected chi connectivity index (χ0v) is 20.8. The van der Waals surface area contributed by atoms with Gasteiger partial charge in [0.2, 0.25) is 0 Å². The van der Waals surface area contributed by atoms with Gasteiger partial charge in [-0.05, 0) is 52.1 Å². The van der Waals surface area contributed by atoms with Gasteiger partial charge in [-0.1, -0.05) is 0 Å². The zero-order valence-electron chi connectivity index (χ0n) is 20.8. The molecule has 35 heavy (non-hydrogen) atoms. The highest BCUT2D eigenvalue weighted by atomic mass is 19.1. The Hall–Kier alpha value is -3.95. The van der Waals surface area contributed by atoms with Crippen molar-refractivity contribution in [1.29, 1.82) is 0 Å². The summed E-state index contributed by atoms with van der Waals surface area (Å²) in [6.45, 7) is 7.15. The molecular formula is C25H30F2N4O4. The van der Waals surface area contributed by atoms with Crippen LogP contribution in [0.3, 0.4) is 0 Å². The lowest BCUT2D eigenvalue weighted by atomic mass is 10.1. The van der Waals surface area contributed by atoms with E-state index in [0.717, 1.165) is 17.0 Å². The first-order chi connectivity index (χ1) is 16.2. The largest absolute Gasteiger partial charge is 0.488 e. The lowest BCUT2D eigenvalue weighted by Gasteiger charge is -2.24. The number of rotatable bonds is 7. The van der Waals surface area contributed by atoms with Gasteiger partial charge in [-0.3, -0.25) is 9.59 Å². The molecular weight excluding hydrogens is 458 g/mol. The van der Waals surface area contributed by atoms with Crippen molar-refractivity contribution in [2.45, 2.75) is 33.3 Å². The number of amides is 2. The molecule has 0 aliphatic heterocycles. The van der Waals surface area contributed by atoms with Gasteiger partial charge in [-0.15, -0.1) is 0 Å². The van der Waals surface area contributed by atoms with Gasteiger partial charge in [0.05, 0.1) is 0 Å². The number of carbonyl (C=O) groups is 2. The van der Waals surface area contributed by atoms with E-state index in [-0.39, 0.29) is 22.9 Å². The highest BCUT2D eigenvalue weighted by Crippen LogP contribution is 2.36. The first kappa shape index (κ1) is 27.3. The molecule has 0 aliphatic carbocycles. The Bertz CT molecular complexity index is 1160. The van der Waals surface area contributed by atoms with Crippen LogP contribution in [0.5, 0.6) is 17.2 Å². The number of nitrogens with zero attached hydrogens (tertiary/aromatic N) is 2. The molecule has 0 unspecified atom stereocenters. The Morgan fingerprint density at radius 2 is 1.66 bits per heavy atom. The van der Waals surface area contributed by atoms with Gasteiger partial charge in [0.25, 0.3) is 11.8 Å². The Morgan fingerprint density at radius 1 is 1.09 bits per heavy atom. The van der Waals surface area contributed by atoms with Crippen molar-refractivity contribution in [3.63, 3.8) is 0 Å². The van der Waals surface area contributed by atoms with E-state index in [0.29, 0.717) is 11.3 Å². The minimum absolute atomic E-state index is 0.0315. The number of amidine groups is 1. The number of carbonyl (C=O) groups excluding carboxylic acids is 2. The maximum atomic E-state index is 14.6. The van der Waals surface area contributed by atoms with E-state index < -0.39 is 34.6 Å². The molecule has 0 saturated carbocycles. The Morgan fingerprint density at radius 3 is 2.17 bits per heavy atom. The maximum absolute atomic E-state index is 14.6. The predicted octanol–water partition coefficient (Wildman–Crippen LogP) is 4.18. The molecule has 0 aromatic heterocycles. The Labute approximate surface area is 203 Å². The first-order valence-corrected chi connectivity index (χ1v) is 10.7. The van der Waals surface area contributed by atoms with Crippen LogP contribution in [-0.4, -0.2) is 49.3 Å². The second-order valence-electron chi connectivity index (χ2n) is 8.84. The van der Waals surface area contributed by atoms with Gasteiger partial charge in [0.15, 0.2) is 0 Å². The fourth-order valence-electron chi connectivity index (χ4n) is 2.88. The molecule has 2 aromatic rings. The quantitative estimate of drug-likeness (QED) is 0.448. The molecule has 2 amide bonds. The van der Waals surface area contributed by atoms with E-state index in [1.54, 1.807) is 14.0 Å². The number of hydrogen-bond acceptors (Lipinski definition) is 5. The summed E-state index contributed by atoms with van der Waals surface area (Å²) < 4.78 is 40.9. The summed E-state index contributed by atoms with van der Waals surface area (Å²) in [6, 6.07) is 4.67. The zero-order chi connectivity index (χ0) is 26.5. The number of halogens is 2. The average molecular weight is 489 g/mol. The van der Waals surface area contributed by atoms with E-state index in [2.05, 4.69) is 10.3 Å². The summed E-state index contributed by atoms with van der Waals surface area (Å²) in [5.74, 6) is -3.46. The standard InChI is InChI=1S/C25H30F2N4O4/c1-14-19(34-16-12-17(26)22(18(27)13-16)24(33)31(6)7)10-15(11-20(14)35-25(2,3)4)23(32)30-21(28)8-9-29-5/h8-13,29H,1-7H3,(H2,28,30,32)/b9-8-. The third-order valence-corrected chi connectivity index (χ3v) is 4.49. The van der Waals surface area contributed by atoms with E-state index >= 15 is 0 Å². The van der Waals surface area contributed by atoms with Crippen LogP contribution < -0.4 is 20.5 Å². The number of hydrogen-bond donors (Lipinski definition) is 2. The molecule has 188 valence electrons. The smallest absolute Gasteiger partial charge is 0.279 e. The fraction of sp³-hybridized carbons (Fsp3) is 0.320. The van der Waals surface area contributed by atoms with Gasteiger partial charge in [-0.2, -0.15) is 4.99 Å². The van der Waals surface area contributed by atoms with Crippen LogP contribution in [0.25, 0.3) is 0 Å². The molecule has 0 aliphatic rings. The fourth-order valence-corrected chi connectivity index (χ4v) is 2.88. The Balaban J connectivity index is 2.56. The van der Waals surface area contributed by atoms with Crippen molar-refractivity contribution in [3.05, 3.63) is 64.9 Å². The van der Waals surface area contributed by atoms with Crippen LogP contribution in [0.4, 0.5) is 8.78 Å². The van der Waals surface area contributed by atoms with Crippen LogP contribution in [0, 0.1) is 18.6 Å². The lowest BCUT2D eigenvalue weighted by molar-refractivity contribution is 0.0817.